The first-order valence-corrected chi connectivity index (χ1v) is 10.6. The molecule has 1 N–H and O–H groups in total. The van der Waals surface area contributed by atoms with Crippen molar-refractivity contribution in [1.82, 2.24) is 4.31 Å². The summed E-state index contributed by atoms with van der Waals surface area (Å²) in [6.45, 7) is 3.18. The molecule has 0 aromatic heterocycles. The molecule has 1 saturated heterocycles. The van der Waals surface area contributed by atoms with Crippen LogP contribution in [0.15, 0.2) is 23.1 Å². The zero-order valence-corrected chi connectivity index (χ0v) is 15.5. The summed E-state index contributed by atoms with van der Waals surface area (Å²) in [7, 11) is -3.54. The van der Waals surface area contributed by atoms with Gasteiger partial charge in [-0.3, -0.25) is 4.79 Å². The van der Waals surface area contributed by atoms with Gasteiger partial charge in [0.15, 0.2) is 6.10 Å². The van der Waals surface area contributed by atoms with Crippen LogP contribution in [0.2, 0.25) is 0 Å². The lowest BCUT2D eigenvalue weighted by molar-refractivity contribution is -0.123. The Kier molecular flexibility index (Phi) is 5.64. The van der Waals surface area contributed by atoms with Crippen molar-refractivity contribution in [2.24, 2.45) is 0 Å². The third-order valence-electron chi connectivity index (χ3n) is 4.79. The van der Waals surface area contributed by atoms with E-state index in [1.165, 1.54) is 6.07 Å². The third-order valence-corrected chi connectivity index (χ3v) is 6.69. The van der Waals surface area contributed by atoms with Gasteiger partial charge in [0.05, 0.1) is 10.6 Å². The van der Waals surface area contributed by atoms with Gasteiger partial charge in [-0.25, -0.2) is 8.42 Å². The lowest BCUT2D eigenvalue weighted by atomic mass is 10.1. The summed E-state index contributed by atoms with van der Waals surface area (Å²) in [5, 5.41) is 2.80. The van der Waals surface area contributed by atoms with Crippen LogP contribution in [0.4, 0.5) is 5.69 Å². The average molecular weight is 366 g/mol. The zero-order chi connectivity index (χ0) is 17.9. The third kappa shape index (κ3) is 3.98. The molecule has 1 fully saturated rings. The van der Waals surface area contributed by atoms with Gasteiger partial charge in [0.2, 0.25) is 10.0 Å². The number of sulfonamides is 1. The fourth-order valence-corrected chi connectivity index (χ4v) is 4.84. The molecule has 0 saturated carbocycles. The molecule has 0 spiro atoms. The predicted molar refractivity (Wildman–Crippen MR) is 96.2 cm³/mol. The molecule has 2 aliphatic heterocycles. The van der Waals surface area contributed by atoms with E-state index in [0.717, 1.165) is 38.5 Å². The molecular weight excluding hydrogens is 340 g/mol. The quantitative estimate of drug-likeness (QED) is 0.869. The molecule has 3 rings (SSSR count). The average Bonchev–Trinajstić information content (AvgIpc) is 2.89. The Balaban J connectivity index is 1.81. The van der Waals surface area contributed by atoms with E-state index < -0.39 is 16.1 Å². The van der Waals surface area contributed by atoms with Crippen LogP contribution in [-0.2, 0) is 14.8 Å². The van der Waals surface area contributed by atoms with Crippen LogP contribution < -0.4 is 10.1 Å². The minimum atomic E-state index is -3.54. The van der Waals surface area contributed by atoms with Gasteiger partial charge >= 0.3 is 0 Å². The van der Waals surface area contributed by atoms with Crippen LogP contribution in [0.1, 0.15) is 51.9 Å². The lowest BCUT2D eigenvalue weighted by Crippen LogP contribution is -2.37. The summed E-state index contributed by atoms with van der Waals surface area (Å²) in [6.07, 6.45) is 5.99. The molecule has 1 amide bonds. The summed E-state index contributed by atoms with van der Waals surface area (Å²) in [6, 6.07) is 4.75. The Labute approximate surface area is 149 Å². The molecule has 1 atom stereocenters. The summed E-state index contributed by atoms with van der Waals surface area (Å²) in [5.74, 6) is 0.334. The van der Waals surface area contributed by atoms with E-state index in [1.807, 2.05) is 0 Å². The van der Waals surface area contributed by atoms with Crippen LogP contribution >= 0.6 is 0 Å². The first kappa shape index (κ1) is 18.2. The topological polar surface area (TPSA) is 75.7 Å². The number of carbonyl (C=O) groups is 1. The predicted octanol–water partition coefficient (Wildman–Crippen LogP) is 3.14. The molecule has 1 aromatic carbocycles. The number of unbranched alkanes of at least 4 members (excludes halogenated alkanes) is 1. The van der Waals surface area contributed by atoms with Crippen molar-refractivity contribution in [2.75, 3.05) is 18.4 Å². The molecule has 0 bridgehead atoms. The SMILES string of the molecule is CCCC[C@@H]1Oc2ccc(S(=O)(=O)N3CCCCCC3)cc2NC1=O. The van der Waals surface area contributed by atoms with Gasteiger partial charge in [-0.15, -0.1) is 0 Å². The van der Waals surface area contributed by atoms with Crippen molar-refractivity contribution in [3.63, 3.8) is 0 Å². The molecule has 0 unspecified atom stereocenters. The number of nitrogens with zero attached hydrogens (tertiary/aromatic N) is 1. The fraction of sp³-hybridized carbons (Fsp3) is 0.611. The number of amides is 1. The van der Waals surface area contributed by atoms with E-state index in [-0.39, 0.29) is 10.8 Å². The van der Waals surface area contributed by atoms with Crippen molar-refractivity contribution < 1.29 is 17.9 Å². The van der Waals surface area contributed by atoms with Gasteiger partial charge in [0, 0.05) is 13.1 Å². The molecule has 25 heavy (non-hydrogen) atoms. The highest BCUT2D eigenvalue weighted by Gasteiger charge is 2.30. The molecular formula is C18H26N2O4S. The highest BCUT2D eigenvalue weighted by molar-refractivity contribution is 7.89. The molecule has 6 nitrogen and oxygen atoms in total. The molecule has 7 heteroatoms. The van der Waals surface area contributed by atoms with E-state index in [1.54, 1.807) is 16.4 Å². The minimum Gasteiger partial charge on any atom is -0.478 e. The highest BCUT2D eigenvalue weighted by Crippen LogP contribution is 2.34. The number of fused-ring (bicyclic) bond motifs is 1. The molecule has 2 heterocycles. The van der Waals surface area contributed by atoms with Crippen molar-refractivity contribution in [1.29, 1.82) is 0 Å². The van der Waals surface area contributed by atoms with E-state index in [9.17, 15) is 13.2 Å². The van der Waals surface area contributed by atoms with E-state index >= 15 is 0 Å². The van der Waals surface area contributed by atoms with Crippen LogP contribution in [0.3, 0.4) is 0 Å². The number of hydrogen-bond donors (Lipinski definition) is 1. The summed E-state index contributed by atoms with van der Waals surface area (Å²) < 4.78 is 33.1. The smallest absolute Gasteiger partial charge is 0.265 e. The van der Waals surface area contributed by atoms with Crippen LogP contribution in [0, 0.1) is 0 Å². The highest BCUT2D eigenvalue weighted by atomic mass is 32.2. The number of hydrogen-bond acceptors (Lipinski definition) is 4. The number of carbonyl (C=O) groups excluding carboxylic acids is 1. The number of ether oxygens (including phenoxy) is 1. The second kappa shape index (κ2) is 7.74. The van der Waals surface area contributed by atoms with E-state index in [4.69, 9.17) is 4.74 Å². The Morgan fingerprint density at radius 1 is 1.20 bits per heavy atom. The number of benzene rings is 1. The van der Waals surface area contributed by atoms with Crippen molar-refractivity contribution in [3.8, 4) is 5.75 Å². The van der Waals surface area contributed by atoms with Gasteiger partial charge in [0.25, 0.3) is 5.91 Å². The summed E-state index contributed by atoms with van der Waals surface area (Å²) in [4.78, 5) is 12.4. The van der Waals surface area contributed by atoms with Crippen LogP contribution in [0.25, 0.3) is 0 Å². The monoisotopic (exact) mass is 366 g/mol. The Hall–Kier alpha value is -1.60. The number of anilines is 1. The maximum absolute atomic E-state index is 12.9. The van der Waals surface area contributed by atoms with Crippen LogP contribution in [0.5, 0.6) is 5.75 Å². The van der Waals surface area contributed by atoms with Gasteiger partial charge in [-0.2, -0.15) is 4.31 Å². The normalized spacial score (nSPS) is 21.8. The Morgan fingerprint density at radius 2 is 1.92 bits per heavy atom. The minimum absolute atomic E-state index is 0.203. The molecule has 0 radical (unpaired) electrons. The van der Waals surface area contributed by atoms with E-state index in [0.29, 0.717) is 30.9 Å². The molecule has 1 aromatic rings. The Morgan fingerprint density at radius 3 is 2.60 bits per heavy atom. The Bertz CT molecular complexity index is 725. The maximum atomic E-state index is 12.9. The largest absolute Gasteiger partial charge is 0.478 e. The van der Waals surface area contributed by atoms with Crippen LogP contribution in [-0.4, -0.2) is 37.8 Å². The maximum Gasteiger partial charge on any atom is 0.265 e. The molecule has 0 aliphatic carbocycles. The summed E-state index contributed by atoms with van der Waals surface area (Å²) in [5.41, 5.74) is 0.439. The number of nitrogens with one attached hydrogen (secondary N) is 1. The van der Waals surface area contributed by atoms with Gasteiger partial charge in [-0.05, 0) is 43.9 Å². The first-order valence-electron chi connectivity index (χ1n) is 9.14. The van der Waals surface area contributed by atoms with Gasteiger partial charge in [-0.1, -0.05) is 26.2 Å². The lowest BCUT2D eigenvalue weighted by Gasteiger charge is -2.27. The van der Waals surface area contributed by atoms with Gasteiger partial charge in [0.1, 0.15) is 5.75 Å². The van der Waals surface area contributed by atoms with Crippen molar-refractivity contribution in [2.45, 2.75) is 62.9 Å². The molecule has 138 valence electrons. The summed E-state index contributed by atoms with van der Waals surface area (Å²) >= 11 is 0. The number of rotatable bonds is 5. The zero-order valence-electron chi connectivity index (χ0n) is 14.7. The first-order chi connectivity index (χ1) is 12.0. The second-order valence-corrected chi connectivity index (χ2v) is 8.65. The van der Waals surface area contributed by atoms with Gasteiger partial charge < -0.3 is 10.1 Å². The van der Waals surface area contributed by atoms with E-state index in [2.05, 4.69) is 12.2 Å². The van der Waals surface area contributed by atoms with Crippen molar-refractivity contribution in [3.05, 3.63) is 18.2 Å². The van der Waals surface area contributed by atoms with Crippen molar-refractivity contribution >= 4 is 21.6 Å². The second-order valence-electron chi connectivity index (χ2n) is 6.71. The standard InChI is InChI=1S/C18H26N2O4S/c1-2-3-8-17-18(21)19-15-13-14(9-10-16(15)24-17)25(22,23)20-11-6-4-5-7-12-20/h9-10,13,17H,2-8,11-12H2,1H3,(H,19,21)/t17-/m0/s1. The molecule has 2 aliphatic rings. The fourth-order valence-electron chi connectivity index (χ4n) is 3.30.